The first-order chi connectivity index (χ1) is 13.7. The largest absolute Gasteiger partial charge is 0.351 e. The molecule has 2 heterocycles. The second-order valence-electron chi connectivity index (χ2n) is 7.48. The molecule has 1 fully saturated rings. The van der Waals surface area contributed by atoms with Crippen LogP contribution in [0.5, 0.6) is 0 Å². The van der Waals surface area contributed by atoms with Crippen molar-refractivity contribution in [2.75, 3.05) is 26.2 Å². The first-order valence-electron chi connectivity index (χ1n) is 10.0. The molecule has 0 unspecified atom stereocenters. The van der Waals surface area contributed by atoms with Crippen molar-refractivity contribution in [1.82, 2.24) is 14.8 Å². The molecule has 146 valence electrons. The smallest absolute Gasteiger partial charge is 0.253 e. The van der Waals surface area contributed by atoms with Gasteiger partial charge < -0.3 is 14.8 Å². The van der Waals surface area contributed by atoms with Crippen molar-refractivity contribution >= 4 is 28.4 Å². The van der Waals surface area contributed by atoms with E-state index in [9.17, 15) is 4.79 Å². The Labute approximate surface area is 171 Å². The Morgan fingerprint density at radius 2 is 1.82 bits per heavy atom. The van der Waals surface area contributed by atoms with Crippen molar-refractivity contribution in [1.29, 1.82) is 0 Å². The van der Waals surface area contributed by atoms with Gasteiger partial charge in [0, 0.05) is 41.8 Å². The summed E-state index contributed by atoms with van der Waals surface area (Å²) in [4.78, 5) is 15.3. The average Bonchev–Trinajstić information content (AvgIpc) is 3.07. The number of amides is 1. The van der Waals surface area contributed by atoms with E-state index >= 15 is 0 Å². The lowest BCUT2D eigenvalue weighted by Gasteiger charge is -2.26. The maximum absolute atomic E-state index is 12.9. The van der Waals surface area contributed by atoms with Crippen molar-refractivity contribution in [3.63, 3.8) is 0 Å². The van der Waals surface area contributed by atoms with Gasteiger partial charge in [0.1, 0.15) is 0 Å². The van der Waals surface area contributed by atoms with Crippen LogP contribution in [0.3, 0.4) is 0 Å². The molecule has 0 aliphatic carbocycles. The number of carbonyl (C=O) groups excluding carboxylic acids is 1. The van der Waals surface area contributed by atoms with Crippen LogP contribution in [0.15, 0.2) is 54.7 Å². The molecule has 0 radical (unpaired) electrons. The Balaban J connectivity index is 1.52. The minimum atomic E-state index is -0.0314. The number of likely N-dealkylation sites (tertiary alicyclic amines) is 1. The first-order valence-corrected chi connectivity index (χ1v) is 10.4. The molecule has 0 atom stereocenters. The number of piperidine rings is 1. The van der Waals surface area contributed by atoms with Crippen LogP contribution in [0.2, 0.25) is 5.02 Å². The van der Waals surface area contributed by atoms with E-state index in [4.69, 9.17) is 11.6 Å². The van der Waals surface area contributed by atoms with Gasteiger partial charge in [0.25, 0.3) is 5.91 Å². The van der Waals surface area contributed by atoms with E-state index in [1.807, 2.05) is 42.6 Å². The Hall–Kier alpha value is -2.30. The quantitative estimate of drug-likeness (QED) is 0.664. The van der Waals surface area contributed by atoms with E-state index < -0.39 is 0 Å². The lowest BCUT2D eigenvalue weighted by atomic mass is 10.1. The number of hydrogen-bond acceptors (Lipinski definition) is 2. The van der Waals surface area contributed by atoms with Gasteiger partial charge in [-0.3, -0.25) is 4.79 Å². The number of nitrogens with one attached hydrogen (secondary N) is 1. The third-order valence-corrected chi connectivity index (χ3v) is 5.68. The van der Waals surface area contributed by atoms with Crippen molar-refractivity contribution in [2.45, 2.75) is 25.8 Å². The van der Waals surface area contributed by atoms with Crippen molar-refractivity contribution in [2.24, 2.45) is 0 Å². The molecule has 1 aliphatic heterocycles. The van der Waals surface area contributed by atoms with E-state index in [0.29, 0.717) is 17.1 Å². The second-order valence-corrected chi connectivity index (χ2v) is 7.91. The minimum absolute atomic E-state index is 0.0314. The summed E-state index contributed by atoms with van der Waals surface area (Å²) in [7, 11) is 0. The first kappa shape index (κ1) is 19.0. The van der Waals surface area contributed by atoms with Crippen LogP contribution in [0, 0.1) is 0 Å². The molecule has 1 amide bonds. The van der Waals surface area contributed by atoms with Gasteiger partial charge >= 0.3 is 0 Å². The highest BCUT2D eigenvalue weighted by Crippen LogP contribution is 2.26. The van der Waals surface area contributed by atoms with Gasteiger partial charge in [-0.25, -0.2) is 0 Å². The Morgan fingerprint density at radius 1 is 1.04 bits per heavy atom. The van der Waals surface area contributed by atoms with Gasteiger partial charge in [0.05, 0.1) is 5.56 Å². The van der Waals surface area contributed by atoms with Crippen LogP contribution in [0.25, 0.3) is 10.9 Å². The molecule has 28 heavy (non-hydrogen) atoms. The van der Waals surface area contributed by atoms with E-state index in [1.54, 1.807) is 0 Å². The molecule has 1 N–H and O–H groups in total. The van der Waals surface area contributed by atoms with Crippen LogP contribution in [-0.4, -0.2) is 41.6 Å². The minimum Gasteiger partial charge on any atom is -0.351 e. The Morgan fingerprint density at radius 3 is 2.61 bits per heavy atom. The van der Waals surface area contributed by atoms with Gasteiger partial charge in [0.2, 0.25) is 0 Å². The lowest BCUT2D eigenvalue weighted by Crippen LogP contribution is -2.37. The number of hydrogen-bond donors (Lipinski definition) is 1. The number of nitrogens with zero attached hydrogens (tertiary/aromatic N) is 2. The number of carbonyl (C=O) groups is 1. The third kappa shape index (κ3) is 4.40. The van der Waals surface area contributed by atoms with Crippen LogP contribution in [0.1, 0.15) is 35.2 Å². The highest BCUT2D eigenvalue weighted by atomic mass is 35.5. The third-order valence-electron chi connectivity index (χ3n) is 5.45. The number of rotatable bonds is 6. The van der Waals surface area contributed by atoms with Crippen molar-refractivity contribution in [3.8, 4) is 0 Å². The molecule has 0 bridgehead atoms. The maximum atomic E-state index is 12.9. The molecule has 1 aromatic heterocycles. The molecular weight excluding hydrogens is 370 g/mol. The number of aromatic nitrogens is 1. The zero-order valence-corrected chi connectivity index (χ0v) is 16.8. The lowest BCUT2D eigenvalue weighted by molar-refractivity contribution is 0.0948. The maximum Gasteiger partial charge on any atom is 0.253 e. The highest BCUT2D eigenvalue weighted by molar-refractivity contribution is 6.31. The summed E-state index contributed by atoms with van der Waals surface area (Å²) in [6, 6.07) is 16.0. The summed E-state index contributed by atoms with van der Waals surface area (Å²) in [5.74, 6) is -0.0314. The fraction of sp³-hybridized carbons (Fsp3) is 0.348. The number of halogens is 1. The SMILES string of the molecule is O=C(NCCN1CCCCC1)c1cn(Cc2ccccc2)c2ccc(Cl)cc12. The summed E-state index contributed by atoms with van der Waals surface area (Å²) in [5, 5.41) is 4.65. The molecule has 1 aliphatic rings. The van der Waals surface area contributed by atoms with E-state index in [1.165, 1.54) is 24.8 Å². The molecule has 2 aromatic carbocycles. The molecule has 4 rings (SSSR count). The van der Waals surface area contributed by atoms with E-state index in [0.717, 1.165) is 37.1 Å². The second kappa shape index (κ2) is 8.80. The summed E-state index contributed by atoms with van der Waals surface area (Å²) in [5.41, 5.74) is 2.91. The summed E-state index contributed by atoms with van der Waals surface area (Å²) < 4.78 is 2.13. The van der Waals surface area contributed by atoms with Crippen LogP contribution in [0.4, 0.5) is 0 Å². The Bertz CT molecular complexity index is 945. The molecule has 1 saturated heterocycles. The molecule has 3 aromatic rings. The molecule has 5 heteroatoms. The summed E-state index contributed by atoms with van der Waals surface area (Å²) in [6.45, 7) is 4.59. The fourth-order valence-corrected chi connectivity index (χ4v) is 4.14. The zero-order valence-electron chi connectivity index (χ0n) is 16.0. The monoisotopic (exact) mass is 395 g/mol. The number of benzene rings is 2. The van der Waals surface area contributed by atoms with Crippen molar-refractivity contribution in [3.05, 3.63) is 70.9 Å². The molecular formula is C23H26ClN3O. The highest BCUT2D eigenvalue weighted by Gasteiger charge is 2.16. The molecule has 0 spiro atoms. The topological polar surface area (TPSA) is 37.3 Å². The standard InChI is InChI=1S/C23H26ClN3O/c24-19-9-10-22-20(15-19)21(17-27(22)16-18-7-3-1-4-8-18)23(28)25-11-14-26-12-5-2-6-13-26/h1,3-4,7-10,15,17H,2,5-6,11-14,16H2,(H,25,28). The molecule has 4 nitrogen and oxygen atoms in total. The predicted molar refractivity (Wildman–Crippen MR) is 115 cm³/mol. The normalized spacial score (nSPS) is 15.0. The van der Waals surface area contributed by atoms with Gasteiger partial charge in [-0.1, -0.05) is 48.4 Å². The predicted octanol–water partition coefficient (Wildman–Crippen LogP) is 4.56. The van der Waals surface area contributed by atoms with Gasteiger partial charge in [-0.15, -0.1) is 0 Å². The van der Waals surface area contributed by atoms with E-state index in [-0.39, 0.29) is 5.91 Å². The zero-order chi connectivity index (χ0) is 19.3. The van der Waals surface area contributed by atoms with Crippen LogP contribution >= 0.6 is 11.6 Å². The van der Waals surface area contributed by atoms with Gasteiger partial charge in [-0.05, 0) is 49.7 Å². The van der Waals surface area contributed by atoms with Gasteiger partial charge in [0.15, 0.2) is 0 Å². The van der Waals surface area contributed by atoms with Crippen molar-refractivity contribution < 1.29 is 4.79 Å². The van der Waals surface area contributed by atoms with Crippen LogP contribution in [-0.2, 0) is 6.54 Å². The summed E-state index contributed by atoms with van der Waals surface area (Å²) >= 11 is 6.22. The van der Waals surface area contributed by atoms with E-state index in [2.05, 4.69) is 26.9 Å². The van der Waals surface area contributed by atoms with Gasteiger partial charge in [-0.2, -0.15) is 0 Å². The Kier molecular flexibility index (Phi) is 5.98. The fourth-order valence-electron chi connectivity index (χ4n) is 3.97. The average molecular weight is 396 g/mol. The van der Waals surface area contributed by atoms with Crippen LogP contribution < -0.4 is 5.32 Å². The molecule has 0 saturated carbocycles. The summed E-state index contributed by atoms with van der Waals surface area (Å²) in [6.07, 6.45) is 5.80. The number of fused-ring (bicyclic) bond motifs is 1.